The maximum Gasteiger partial charge on any atom is 0.411 e. The van der Waals surface area contributed by atoms with Gasteiger partial charge in [0, 0.05) is 23.3 Å². The molecule has 0 atom stereocenters. The van der Waals surface area contributed by atoms with Gasteiger partial charge >= 0.3 is 6.09 Å². The number of fused-ring (bicyclic) bond motifs is 3. The number of H-pyrrole nitrogens is 1. The summed E-state index contributed by atoms with van der Waals surface area (Å²) in [7, 11) is 1.32. The van der Waals surface area contributed by atoms with Crippen LogP contribution in [0.1, 0.15) is 40.0 Å². The second-order valence-corrected chi connectivity index (χ2v) is 7.01. The van der Waals surface area contributed by atoms with E-state index in [0.29, 0.717) is 17.8 Å². The lowest BCUT2D eigenvalue weighted by molar-refractivity contribution is 0.0952. The number of para-hydroxylation sites is 1. The first-order chi connectivity index (χ1) is 13.7. The zero-order valence-corrected chi connectivity index (χ0v) is 15.8. The lowest BCUT2D eigenvalue weighted by Gasteiger charge is -2.10. The van der Waals surface area contributed by atoms with E-state index in [-0.39, 0.29) is 5.91 Å². The molecule has 6 nitrogen and oxygen atoms in total. The van der Waals surface area contributed by atoms with E-state index in [9.17, 15) is 9.59 Å². The molecule has 0 saturated heterocycles. The van der Waals surface area contributed by atoms with Crippen LogP contribution in [0.15, 0.2) is 42.5 Å². The Balaban J connectivity index is 1.47. The molecule has 0 aliphatic heterocycles. The Morgan fingerprint density at radius 1 is 1.07 bits per heavy atom. The quantitative estimate of drug-likeness (QED) is 0.638. The summed E-state index contributed by atoms with van der Waals surface area (Å²) in [5.41, 5.74) is 5.84. The molecule has 0 saturated carbocycles. The number of carbonyl (C=O) groups is 2. The lowest BCUT2D eigenvalue weighted by Crippen LogP contribution is -2.23. The summed E-state index contributed by atoms with van der Waals surface area (Å²) in [6, 6.07) is 13.2. The third-order valence-electron chi connectivity index (χ3n) is 5.22. The average molecular weight is 377 g/mol. The van der Waals surface area contributed by atoms with Gasteiger partial charge in [-0.25, -0.2) is 4.79 Å². The summed E-state index contributed by atoms with van der Waals surface area (Å²) in [5, 5.41) is 6.76. The number of benzene rings is 2. The normalized spacial score (nSPS) is 13.0. The standard InChI is InChI=1S/C22H23N3O3/c1-28-22(27)24-15-11-9-14(10-12-15)13-23-21(26)18-7-4-6-17-16-5-2-3-8-19(16)25-20(17)18/h4,6-7,9-12,25H,2-3,5,8,13H2,1H3,(H,23,26)(H,24,27). The molecular formula is C22H23N3O3. The highest BCUT2D eigenvalue weighted by molar-refractivity contribution is 6.06. The van der Waals surface area contributed by atoms with E-state index in [1.165, 1.54) is 36.6 Å². The van der Waals surface area contributed by atoms with Crippen LogP contribution in [0.5, 0.6) is 0 Å². The van der Waals surface area contributed by atoms with Gasteiger partial charge in [-0.15, -0.1) is 0 Å². The van der Waals surface area contributed by atoms with E-state index >= 15 is 0 Å². The topological polar surface area (TPSA) is 83.2 Å². The first-order valence-corrected chi connectivity index (χ1v) is 9.50. The van der Waals surface area contributed by atoms with Crippen molar-refractivity contribution >= 4 is 28.6 Å². The Bertz CT molecular complexity index is 1020. The van der Waals surface area contributed by atoms with Crippen LogP contribution in [0.2, 0.25) is 0 Å². The molecule has 1 aliphatic rings. The second-order valence-electron chi connectivity index (χ2n) is 7.01. The molecule has 144 valence electrons. The number of rotatable bonds is 4. The maximum absolute atomic E-state index is 12.8. The van der Waals surface area contributed by atoms with Gasteiger partial charge in [-0.1, -0.05) is 24.3 Å². The molecule has 3 aromatic rings. The number of aromatic nitrogens is 1. The molecular weight excluding hydrogens is 354 g/mol. The number of carbonyl (C=O) groups excluding carboxylic acids is 2. The van der Waals surface area contributed by atoms with Gasteiger partial charge in [0.05, 0.1) is 18.2 Å². The highest BCUT2D eigenvalue weighted by atomic mass is 16.5. The van der Waals surface area contributed by atoms with Crippen LogP contribution in [0.25, 0.3) is 10.9 Å². The minimum atomic E-state index is -0.511. The summed E-state index contributed by atoms with van der Waals surface area (Å²) < 4.78 is 4.57. The molecule has 1 aromatic heterocycles. The van der Waals surface area contributed by atoms with Gasteiger partial charge in [0.1, 0.15) is 0 Å². The molecule has 0 bridgehead atoms. The van der Waals surface area contributed by atoms with Crippen molar-refractivity contribution in [3.8, 4) is 0 Å². The van der Waals surface area contributed by atoms with E-state index in [4.69, 9.17) is 0 Å². The van der Waals surface area contributed by atoms with Crippen molar-refractivity contribution in [1.82, 2.24) is 10.3 Å². The number of amides is 2. The van der Waals surface area contributed by atoms with Crippen molar-refractivity contribution in [3.05, 3.63) is 64.8 Å². The first kappa shape index (κ1) is 18.1. The van der Waals surface area contributed by atoms with Crippen LogP contribution in [0, 0.1) is 0 Å². The fraction of sp³-hybridized carbons (Fsp3) is 0.273. The first-order valence-electron chi connectivity index (χ1n) is 9.50. The van der Waals surface area contributed by atoms with Crippen LogP contribution in [0.3, 0.4) is 0 Å². The van der Waals surface area contributed by atoms with Gasteiger partial charge in [0.25, 0.3) is 5.91 Å². The van der Waals surface area contributed by atoms with Crippen LogP contribution in [0.4, 0.5) is 10.5 Å². The van der Waals surface area contributed by atoms with Crippen LogP contribution in [-0.4, -0.2) is 24.1 Å². The molecule has 0 unspecified atom stereocenters. The highest BCUT2D eigenvalue weighted by Crippen LogP contribution is 2.30. The molecule has 28 heavy (non-hydrogen) atoms. The van der Waals surface area contributed by atoms with Gasteiger partial charge in [-0.05, 0) is 55.0 Å². The number of aryl methyl sites for hydroxylation is 2. The number of nitrogens with one attached hydrogen (secondary N) is 3. The summed E-state index contributed by atoms with van der Waals surface area (Å²) in [5.74, 6) is -0.0963. The predicted molar refractivity (Wildman–Crippen MR) is 109 cm³/mol. The number of hydrogen-bond acceptors (Lipinski definition) is 3. The number of aromatic amines is 1. The average Bonchev–Trinajstić information content (AvgIpc) is 3.11. The molecule has 1 aliphatic carbocycles. The van der Waals surface area contributed by atoms with Crippen molar-refractivity contribution < 1.29 is 14.3 Å². The molecule has 4 rings (SSSR count). The molecule has 3 N–H and O–H groups in total. The Labute approximate surface area is 163 Å². The van der Waals surface area contributed by atoms with E-state index in [1.54, 1.807) is 12.1 Å². The Hall–Kier alpha value is -3.28. The van der Waals surface area contributed by atoms with E-state index < -0.39 is 6.09 Å². The Morgan fingerprint density at radius 3 is 2.64 bits per heavy atom. The minimum Gasteiger partial charge on any atom is -0.453 e. The summed E-state index contributed by atoms with van der Waals surface area (Å²) in [6.45, 7) is 0.411. The van der Waals surface area contributed by atoms with Crippen molar-refractivity contribution in [2.24, 2.45) is 0 Å². The second kappa shape index (κ2) is 7.76. The van der Waals surface area contributed by atoms with Crippen LogP contribution in [-0.2, 0) is 24.1 Å². The monoisotopic (exact) mass is 377 g/mol. The van der Waals surface area contributed by atoms with E-state index in [0.717, 1.165) is 23.9 Å². The Morgan fingerprint density at radius 2 is 1.86 bits per heavy atom. The van der Waals surface area contributed by atoms with E-state index in [1.807, 2.05) is 24.3 Å². The third-order valence-corrected chi connectivity index (χ3v) is 5.22. The fourth-order valence-corrected chi connectivity index (χ4v) is 3.77. The third kappa shape index (κ3) is 3.58. The van der Waals surface area contributed by atoms with Gasteiger partial charge < -0.3 is 15.0 Å². The predicted octanol–water partition coefficient (Wildman–Crippen LogP) is 4.16. The maximum atomic E-state index is 12.8. The van der Waals surface area contributed by atoms with Crippen molar-refractivity contribution in [2.75, 3.05) is 12.4 Å². The molecule has 2 amide bonds. The molecule has 1 heterocycles. The van der Waals surface area contributed by atoms with E-state index in [2.05, 4.69) is 26.4 Å². The number of hydrogen-bond donors (Lipinski definition) is 3. The van der Waals surface area contributed by atoms with Gasteiger partial charge in [0.15, 0.2) is 0 Å². The SMILES string of the molecule is COC(=O)Nc1ccc(CNC(=O)c2cccc3c4c([nH]c23)CCCC4)cc1. The number of ether oxygens (including phenoxy) is 1. The number of methoxy groups -OCH3 is 1. The Kier molecular flexibility index (Phi) is 5.02. The zero-order valence-electron chi connectivity index (χ0n) is 15.8. The minimum absolute atomic E-state index is 0.0963. The molecule has 0 spiro atoms. The zero-order chi connectivity index (χ0) is 19.5. The van der Waals surface area contributed by atoms with Gasteiger partial charge in [-0.3, -0.25) is 10.1 Å². The lowest BCUT2D eigenvalue weighted by atomic mass is 9.95. The smallest absolute Gasteiger partial charge is 0.411 e. The summed E-state index contributed by atoms with van der Waals surface area (Å²) >= 11 is 0. The molecule has 2 aromatic carbocycles. The molecule has 0 fully saturated rings. The van der Waals surface area contributed by atoms with Crippen LogP contribution >= 0.6 is 0 Å². The van der Waals surface area contributed by atoms with Crippen molar-refractivity contribution in [2.45, 2.75) is 32.2 Å². The number of anilines is 1. The van der Waals surface area contributed by atoms with Crippen molar-refractivity contribution in [3.63, 3.8) is 0 Å². The van der Waals surface area contributed by atoms with Crippen LogP contribution < -0.4 is 10.6 Å². The van der Waals surface area contributed by atoms with Gasteiger partial charge in [-0.2, -0.15) is 0 Å². The van der Waals surface area contributed by atoms with Gasteiger partial charge in [0.2, 0.25) is 0 Å². The molecule has 6 heteroatoms. The van der Waals surface area contributed by atoms with Crippen molar-refractivity contribution in [1.29, 1.82) is 0 Å². The fourth-order valence-electron chi connectivity index (χ4n) is 3.77. The molecule has 0 radical (unpaired) electrons. The highest BCUT2D eigenvalue weighted by Gasteiger charge is 2.19. The summed E-state index contributed by atoms with van der Waals surface area (Å²) in [6.07, 6.45) is 4.02. The summed E-state index contributed by atoms with van der Waals surface area (Å²) in [4.78, 5) is 27.5. The largest absolute Gasteiger partial charge is 0.453 e.